The van der Waals surface area contributed by atoms with E-state index in [2.05, 4.69) is 30.9 Å². The lowest BCUT2D eigenvalue weighted by Gasteiger charge is -2.15. The van der Waals surface area contributed by atoms with E-state index in [4.69, 9.17) is 5.73 Å². The molecule has 4 heteroatoms. The highest BCUT2D eigenvalue weighted by Gasteiger charge is 2.15. The van der Waals surface area contributed by atoms with Gasteiger partial charge in [0.15, 0.2) is 5.82 Å². The lowest BCUT2D eigenvalue weighted by molar-refractivity contribution is 0.405. The Kier molecular flexibility index (Phi) is 3.11. The topological polar surface area (TPSA) is 56.7 Å². The number of nitrogens with two attached hydrogens (primary N) is 1. The number of rotatable bonds is 2. The lowest BCUT2D eigenvalue weighted by atomic mass is 9.91. The molecule has 4 nitrogen and oxygen atoms in total. The molecule has 0 unspecified atom stereocenters. The van der Waals surface area contributed by atoms with Crippen molar-refractivity contribution in [3.05, 3.63) is 35.7 Å². The van der Waals surface area contributed by atoms with E-state index in [1.165, 1.54) is 0 Å². The Labute approximate surface area is 108 Å². The molecule has 0 saturated carbocycles. The highest BCUT2D eigenvalue weighted by Crippen LogP contribution is 2.22. The van der Waals surface area contributed by atoms with Crippen LogP contribution >= 0.6 is 0 Å². The number of pyridine rings is 1. The zero-order valence-corrected chi connectivity index (χ0v) is 11.4. The molecule has 2 N–H and O–H groups in total. The zero-order valence-electron chi connectivity index (χ0n) is 11.4. The Morgan fingerprint density at radius 3 is 2.61 bits per heavy atom. The summed E-state index contributed by atoms with van der Waals surface area (Å²) in [6, 6.07) is 5.86. The Morgan fingerprint density at radius 1 is 1.28 bits per heavy atom. The average Bonchev–Trinajstić information content (AvgIpc) is 2.56. The molecule has 0 aliphatic heterocycles. The summed E-state index contributed by atoms with van der Waals surface area (Å²) in [5.41, 5.74) is 8.35. The molecular weight excluding hydrogens is 224 g/mol. The fourth-order valence-electron chi connectivity index (χ4n) is 1.90. The molecule has 0 bridgehead atoms. The second kappa shape index (κ2) is 4.44. The molecule has 0 spiro atoms. The first-order valence-electron chi connectivity index (χ1n) is 6.13. The van der Waals surface area contributed by atoms with Gasteiger partial charge in [0.1, 0.15) is 5.82 Å². The second-order valence-electron chi connectivity index (χ2n) is 5.90. The van der Waals surface area contributed by atoms with Gasteiger partial charge < -0.3 is 5.73 Å². The minimum atomic E-state index is 0.200. The molecule has 96 valence electrons. The Hall–Kier alpha value is -1.84. The predicted octanol–water partition coefficient (Wildman–Crippen LogP) is 2.75. The summed E-state index contributed by atoms with van der Waals surface area (Å²) in [6.07, 6.45) is 2.67. The number of hydrogen-bond acceptors (Lipinski definition) is 3. The predicted molar refractivity (Wildman–Crippen MR) is 73.7 cm³/mol. The largest absolute Gasteiger partial charge is 0.384 e. The van der Waals surface area contributed by atoms with Gasteiger partial charge in [0.05, 0.1) is 5.69 Å². The quantitative estimate of drug-likeness (QED) is 0.883. The highest BCUT2D eigenvalue weighted by atomic mass is 15.3. The van der Waals surface area contributed by atoms with Crippen LogP contribution in [0.25, 0.3) is 5.82 Å². The number of aromatic nitrogens is 3. The van der Waals surface area contributed by atoms with Crippen LogP contribution in [0.1, 0.15) is 32.0 Å². The normalized spacial score (nSPS) is 11.8. The average molecular weight is 244 g/mol. The Balaban J connectivity index is 2.35. The number of nitrogen functional groups attached to an aromatic ring is 1. The third kappa shape index (κ3) is 2.88. The summed E-state index contributed by atoms with van der Waals surface area (Å²) in [6.45, 7) is 8.59. The van der Waals surface area contributed by atoms with Gasteiger partial charge in [-0.25, -0.2) is 4.98 Å². The third-order valence-electron chi connectivity index (χ3n) is 2.62. The van der Waals surface area contributed by atoms with Crippen LogP contribution in [0.15, 0.2) is 24.4 Å². The van der Waals surface area contributed by atoms with Gasteiger partial charge >= 0.3 is 0 Å². The molecule has 2 aromatic rings. The SMILES string of the molecule is Cc1ccnc(-n2nc(CC(C)(C)C)cc2N)c1. The van der Waals surface area contributed by atoms with Gasteiger partial charge in [-0.3, -0.25) is 0 Å². The maximum atomic E-state index is 6.00. The Morgan fingerprint density at radius 2 is 2.00 bits per heavy atom. The molecule has 0 radical (unpaired) electrons. The smallest absolute Gasteiger partial charge is 0.155 e. The Bertz CT molecular complexity index is 549. The van der Waals surface area contributed by atoms with Crippen molar-refractivity contribution in [3.63, 3.8) is 0 Å². The molecule has 2 rings (SSSR count). The van der Waals surface area contributed by atoms with Crippen LogP contribution in [0.3, 0.4) is 0 Å². The molecule has 0 amide bonds. The fourth-order valence-corrected chi connectivity index (χ4v) is 1.90. The minimum Gasteiger partial charge on any atom is -0.384 e. The summed E-state index contributed by atoms with van der Waals surface area (Å²) in [4.78, 5) is 4.30. The van der Waals surface area contributed by atoms with Crippen molar-refractivity contribution in [1.29, 1.82) is 0 Å². The van der Waals surface area contributed by atoms with Crippen LogP contribution in [-0.2, 0) is 6.42 Å². The highest BCUT2D eigenvalue weighted by molar-refractivity contribution is 5.40. The van der Waals surface area contributed by atoms with Gasteiger partial charge in [-0.15, -0.1) is 0 Å². The number of nitrogens with zero attached hydrogens (tertiary/aromatic N) is 3. The van der Waals surface area contributed by atoms with E-state index < -0.39 is 0 Å². The van der Waals surface area contributed by atoms with E-state index in [-0.39, 0.29) is 5.41 Å². The first-order chi connectivity index (χ1) is 8.35. The van der Waals surface area contributed by atoms with E-state index in [9.17, 15) is 0 Å². The number of hydrogen-bond donors (Lipinski definition) is 1. The van der Waals surface area contributed by atoms with Gasteiger partial charge in [0.25, 0.3) is 0 Å². The number of anilines is 1. The van der Waals surface area contributed by atoms with Crippen LogP contribution < -0.4 is 5.73 Å². The van der Waals surface area contributed by atoms with Gasteiger partial charge in [-0.2, -0.15) is 9.78 Å². The number of aryl methyl sites for hydroxylation is 1. The molecule has 18 heavy (non-hydrogen) atoms. The van der Waals surface area contributed by atoms with Gasteiger partial charge in [0, 0.05) is 12.3 Å². The lowest BCUT2D eigenvalue weighted by Crippen LogP contribution is -2.10. The van der Waals surface area contributed by atoms with Crippen LogP contribution in [0.4, 0.5) is 5.82 Å². The maximum absolute atomic E-state index is 6.00. The summed E-state index contributed by atoms with van der Waals surface area (Å²) in [7, 11) is 0. The van der Waals surface area contributed by atoms with E-state index in [1.54, 1.807) is 10.9 Å². The summed E-state index contributed by atoms with van der Waals surface area (Å²) < 4.78 is 1.70. The molecule has 0 aromatic carbocycles. The molecule has 0 aliphatic carbocycles. The minimum absolute atomic E-state index is 0.200. The molecule has 0 atom stereocenters. The standard InChI is InChI=1S/C14H20N4/c1-10-5-6-16-13(7-10)18-12(15)8-11(17-18)9-14(2,3)4/h5-8H,9,15H2,1-4H3. The van der Waals surface area contributed by atoms with Crippen molar-refractivity contribution in [2.45, 2.75) is 34.1 Å². The van der Waals surface area contributed by atoms with E-state index >= 15 is 0 Å². The molecule has 0 saturated heterocycles. The monoisotopic (exact) mass is 244 g/mol. The van der Waals surface area contributed by atoms with Crippen molar-refractivity contribution in [1.82, 2.24) is 14.8 Å². The van der Waals surface area contributed by atoms with Crippen LogP contribution in [0.5, 0.6) is 0 Å². The van der Waals surface area contributed by atoms with E-state index in [0.29, 0.717) is 5.82 Å². The maximum Gasteiger partial charge on any atom is 0.155 e. The first-order valence-corrected chi connectivity index (χ1v) is 6.13. The molecule has 2 heterocycles. The van der Waals surface area contributed by atoms with Gasteiger partial charge in [0.2, 0.25) is 0 Å². The third-order valence-corrected chi connectivity index (χ3v) is 2.62. The summed E-state index contributed by atoms with van der Waals surface area (Å²) in [5, 5.41) is 4.54. The second-order valence-corrected chi connectivity index (χ2v) is 5.90. The zero-order chi connectivity index (χ0) is 13.3. The molecule has 2 aromatic heterocycles. The summed E-state index contributed by atoms with van der Waals surface area (Å²) in [5.74, 6) is 1.40. The van der Waals surface area contributed by atoms with Crippen molar-refractivity contribution in [2.24, 2.45) is 5.41 Å². The fraction of sp³-hybridized carbons (Fsp3) is 0.429. The van der Waals surface area contributed by atoms with Crippen molar-refractivity contribution >= 4 is 5.82 Å². The van der Waals surface area contributed by atoms with Gasteiger partial charge in [-0.1, -0.05) is 20.8 Å². The van der Waals surface area contributed by atoms with Crippen LogP contribution in [-0.4, -0.2) is 14.8 Å². The van der Waals surface area contributed by atoms with E-state index in [1.807, 2.05) is 25.1 Å². The first kappa shape index (κ1) is 12.6. The molecular formula is C14H20N4. The molecule has 0 fully saturated rings. The molecule has 0 aliphatic rings. The van der Waals surface area contributed by atoms with Crippen molar-refractivity contribution < 1.29 is 0 Å². The van der Waals surface area contributed by atoms with Crippen molar-refractivity contribution in [2.75, 3.05) is 5.73 Å². The van der Waals surface area contributed by atoms with E-state index in [0.717, 1.165) is 23.5 Å². The van der Waals surface area contributed by atoms with Gasteiger partial charge in [-0.05, 0) is 36.5 Å². The summed E-state index contributed by atoms with van der Waals surface area (Å²) >= 11 is 0. The van der Waals surface area contributed by atoms with Crippen LogP contribution in [0, 0.1) is 12.3 Å². The van der Waals surface area contributed by atoms with Crippen molar-refractivity contribution in [3.8, 4) is 5.82 Å². The van der Waals surface area contributed by atoms with Crippen LogP contribution in [0.2, 0.25) is 0 Å².